The molecule has 2 aromatic carbocycles. The first kappa shape index (κ1) is 24.8. The van der Waals surface area contributed by atoms with Gasteiger partial charge >= 0.3 is 7.82 Å². The van der Waals surface area contributed by atoms with Gasteiger partial charge in [-0.05, 0) is 59.8 Å². The highest BCUT2D eigenvalue weighted by Gasteiger charge is 2.35. The summed E-state index contributed by atoms with van der Waals surface area (Å²) in [5.41, 5.74) is 3.82. The number of phosphoric acid groups is 1. The first-order valence-electron chi connectivity index (χ1n) is 10.4. The molecule has 0 aromatic heterocycles. The average molecular weight is 451 g/mol. The Hall–Kier alpha value is -1.42. The van der Waals surface area contributed by atoms with Gasteiger partial charge in [-0.1, -0.05) is 79.7 Å². The lowest BCUT2D eigenvalue weighted by atomic mass is 9.85. The predicted molar refractivity (Wildman–Crippen MR) is 128 cm³/mol. The van der Waals surface area contributed by atoms with Crippen molar-refractivity contribution in [2.75, 3.05) is 0 Å². The Labute approximate surface area is 187 Å². The largest absolute Gasteiger partial charge is 0.598 e. The van der Waals surface area contributed by atoms with Gasteiger partial charge in [0.05, 0.1) is 0 Å². The second-order valence-corrected chi connectivity index (χ2v) is 11.5. The fourth-order valence-electron chi connectivity index (χ4n) is 3.22. The van der Waals surface area contributed by atoms with Crippen molar-refractivity contribution >= 4 is 20.7 Å². The molecular formula is C24H35O4PS. The molecule has 0 fully saturated rings. The standard InChI is InChI=1S/C24H35O4PS/c1-9-17-11-13-21(19(15-17)23(3,4)5)26-29(25,28-30)27-22-14-12-18(10-2)16-20(22)24(6,7)8/h11-16,30H,9-10H2,1-8H3. The average Bonchev–Trinajstić information content (AvgIpc) is 2.66. The molecule has 0 N–H and O–H groups in total. The van der Waals surface area contributed by atoms with Gasteiger partial charge in [-0.3, -0.25) is 0 Å². The normalized spacial score (nSPS) is 12.7. The molecule has 0 bridgehead atoms. The molecule has 0 spiro atoms. The van der Waals surface area contributed by atoms with E-state index in [4.69, 9.17) is 13.0 Å². The van der Waals surface area contributed by atoms with Gasteiger partial charge in [-0.2, -0.15) is 3.97 Å². The van der Waals surface area contributed by atoms with Crippen LogP contribution in [-0.4, -0.2) is 0 Å². The van der Waals surface area contributed by atoms with Gasteiger partial charge in [-0.25, -0.2) is 4.57 Å². The molecule has 0 radical (unpaired) electrons. The van der Waals surface area contributed by atoms with Gasteiger partial charge in [0.1, 0.15) is 11.5 Å². The number of aryl methyl sites for hydroxylation is 2. The highest BCUT2D eigenvalue weighted by atomic mass is 32.1. The molecule has 4 nitrogen and oxygen atoms in total. The smallest absolute Gasteiger partial charge is 0.394 e. The number of rotatable bonds is 7. The molecule has 0 heterocycles. The van der Waals surface area contributed by atoms with Crippen molar-refractivity contribution < 1.29 is 17.6 Å². The quantitative estimate of drug-likeness (QED) is 0.265. The monoisotopic (exact) mass is 450 g/mol. The molecule has 0 aliphatic rings. The second kappa shape index (κ2) is 9.38. The fraction of sp³-hybridized carbons (Fsp3) is 0.500. The zero-order valence-electron chi connectivity index (χ0n) is 19.4. The first-order valence-corrected chi connectivity index (χ1v) is 12.2. The van der Waals surface area contributed by atoms with Gasteiger partial charge in [0.25, 0.3) is 0 Å². The fourth-order valence-corrected chi connectivity index (χ4v) is 4.32. The molecular weight excluding hydrogens is 415 g/mol. The Morgan fingerprint density at radius 2 is 1.13 bits per heavy atom. The van der Waals surface area contributed by atoms with Crippen LogP contribution in [-0.2, 0) is 32.2 Å². The molecule has 0 saturated heterocycles. The Morgan fingerprint density at radius 1 is 0.767 bits per heavy atom. The van der Waals surface area contributed by atoms with Crippen LogP contribution >= 0.6 is 20.7 Å². The topological polar surface area (TPSA) is 44.8 Å². The SMILES string of the molecule is CCc1ccc(OP(=O)(OS)Oc2ccc(CC)cc2C(C)(C)C)c(C(C)(C)C)c1. The third-order valence-corrected chi connectivity index (χ3v) is 6.68. The molecule has 166 valence electrons. The van der Waals surface area contributed by atoms with Crippen LogP contribution in [0.25, 0.3) is 0 Å². The number of hydrogen-bond donors (Lipinski definition) is 1. The van der Waals surface area contributed by atoms with Crippen molar-refractivity contribution in [3.05, 3.63) is 58.7 Å². The number of phosphoric ester groups is 1. The predicted octanol–water partition coefficient (Wildman–Crippen LogP) is 7.83. The summed E-state index contributed by atoms with van der Waals surface area (Å²) in [7, 11) is -4.02. The zero-order chi connectivity index (χ0) is 22.7. The molecule has 0 unspecified atom stereocenters. The molecule has 0 saturated carbocycles. The van der Waals surface area contributed by atoms with Crippen LogP contribution in [0.3, 0.4) is 0 Å². The Kier molecular flexibility index (Phi) is 7.77. The van der Waals surface area contributed by atoms with Crippen LogP contribution < -0.4 is 9.05 Å². The second-order valence-electron chi connectivity index (χ2n) is 9.58. The summed E-state index contributed by atoms with van der Waals surface area (Å²) in [5.74, 6) is 0.944. The molecule has 2 aromatic rings. The van der Waals surface area contributed by atoms with Crippen LogP contribution in [0.5, 0.6) is 11.5 Å². The van der Waals surface area contributed by atoms with Gasteiger partial charge < -0.3 is 9.05 Å². The van der Waals surface area contributed by atoms with Crippen LogP contribution in [0.2, 0.25) is 0 Å². The summed E-state index contributed by atoms with van der Waals surface area (Å²) < 4.78 is 30.2. The highest BCUT2D eigenvalue weighted by Crippen LogP contribution is 2.53. The van der Waals surface area contributed by atoms with Crippen molar-refractivity contribution in [3.8, 4) is 11.5 Å². The molecule has 0 aliphatic heterocycles. The van der Waals surface area contributed by atoms with Crippen LogP contribution in [0.4, 0.5) is 0 Å². The lowest BCUT2D eigenvalue weighted by molar-refractivity contribution is 0.309. The summed E-state index contributed by atoms with van der Waals surface area (Å²) in [6.45, 7) is 16.7. The molecule has 30 heavy (non-hydrogen) atoms. The third kappa shape index (κ3) is 6.06. The minimum Gasteiger partial charge on any atom is -0.394 e. The van der Waals surface area contributed by atoms with Crippen molar-refractivity contribution in [2.45, 2.75) is 79.1 Å². The van der Waals surface area contributed by atoms with E-state index in [0.29, 0.717) is 11.5 Å². The first-order chi connectivity index (χ1) is 13.8. The Morgan fingerprint density at radius 3 is 1.40 bits per heavy atom. The van der Waals surface area contributed by atoms with Crippen molar-refractivity contribution in [1.82, 2.24) is 0 Å². The van der Waals surface area contributed by atoms with E-state index in [0.717, 1.165) is 24.0 Å². The van der Waals surface area contributed by atoms with Gasteiger partial charge in [0.15, 0.2) is 0 Å². The summed E-state index contributed by atoms with van der Waals surface area (Å²) in [5, 5.41) is 0. The highest BCUT2D eigenvalue weighted by molar-refractivity contribution is 7.80. The maximum Gasteiger partial charge on any atom is 0.598 e. The molecule has 2 rings (SSSR count). The van der Waals surface area contributed by atoms with E-state index in [2.05, 4.69) is 80.4 Å². The maximum atomic E-state index is 13.4. The number of hydrogen-bond acceptors (Lipinski definition) is 5. The Bertz CT molecular complexity index is 854. The minimum absolute atomic E-state index is 0.207. The van der Waals surface area contributed by atoms with Crippen molar-refractivity contribution in [1.29, 1.82) is 0 Å². The van der Waals surface area contributed by atoms with Crippen LogP contribution in [0.1, 0.15) is 77.6 Å². The van der Waals surface area contributed by atoms with Crippen molar-refractivity contribution in [3.63, 3.8) is 0 Å². The van der Waals surface area contributed by atoms with Gasteiger partial charge in [0.2, 0.25) is 0 Å². The van der Waals surface area contributed by atoms with E-state index in [-0.39, 0.29) is 10.8 Å². The summed E-state index contributed by atoms with van der Waals surface area (Å²) in [6.07, 6.45) is 1.80. The summed E-state index contributed by atoms with van der Waals surface area (Å²) in [6, 6.07) is 11.7. The molecule has 0 atom stereocenters. The molecule has 6 heteroatoms. The van der Waals surface area contributed by atoms with E-state index in [1.54, 1.807) is 0 Å². The Balaban J connectivity index is 2.47. The number of benzene rings is 2. The molecule has 0 amide bonds. The maximum absolute atomic E-state index is 13.4. The van der Waals surface area contributed by atoms with Gasteiger partial charge in [0, 0.05) is 11.1 Å². The van der Waals surface area contributed by atoms with Gasteiger partial charge in [-0.15, -0.1) is 0 Å². The van der Waals surface area contributed by atoms with Crippen LogP contribution in [0, 0.1) is 0 Å². The zero-order valence-corrected chi connectivity index (χ0v) is 21.2. The number of thiol groups is 1. The van der Waals surface area contributed by atoms with E-state index >= 15 is 0 Å². The lowest BCUT2D eigenvalue weighted by Gasteiger charge is -2.27. The summed E-state index contributed by atoms with van der Waals surface area (Å²) >= 11 is 3.84. The summed E-state index contributed by atoms with van der Waals surface area (Å²) in [4.78, 5) is 0. The van der Waals surface area contributed by atoms with E-state index in [1.807, 2.05) is 24.3 Å². The molecule has 0 aliphatic carbocycles. The van der Waals surface area contributed by atoms with Crippen LogP contribution in [0.15, 0.2) is 36.4 Å². The third-order valence-electron chi connectivity index (χ3n) is 5.04. The van der Waals surface area contributed by atoms with Crippen molar-refractivity contribution in [2.24, 2.45) is 0 Å². The van der Waals surface area contributed by atoms with E-state index in [9.17, 15) is 4.57 Å². The minimum atomic E-state index is -4.02. The van der Waals surface area contributed by atoms with E-state index < -0.39 is 7.82 Å². The lowest BCUT2D eigenvalue weighted by Crippen LogP contribution is -2.16. The van der Waals surface area contributed by atoms with E-state index in [1.165, 1.54) is 11.1 Å².